The molecule has 0 aromatic heterocycles. The Morgan fingerprint density at radius 3 is 2.50 bits per heavy atom. The zero-order valence-corrected chi connectivity index (χ0v) is 12.3. The third kappa shape index (κ3) is 4.21. The van der Waals surface area contributed by atoms with E-state index in [0.717, 1.165) is 12.8 Å². The summed E-state index contributed by atoms with van der Waals surface area (Å²) in [5, 5.41) is 8.73. The first-order valence-corrected chi connectivity index (χ1v) is 7.31. The van der Waals surface area contributed by atoms with Crippen LogP contribution < -0.4 is 0 Å². The van der Waals surface area contributed by atoms with E-state index in [4.69, 9.17) is 5.11 Å². The molecule has 0 radical (unpaired) electrons. The topological polar surface area (TPSA) is 77.9 Å². The number of hydrogen-bond acceptors (Lipinski definition) is 3. The summed E-state index contributed by atoms with van der Waals surface area (Å²) >= 11 is 0. The Labute approximate surface area is 119 Å². The van der Waals surface area contributed by atoms with E-state index in [1.54, 1.807) is 16.7 Å². The molecule has 1 N–H and O–H groups in total. The molecular formula is C14H24N2O4. The molecule has 1 heterocycles. The second kappa shape index (κ2) is 7.87. The molecule has 114 valence electrons. The third-order valence-corrected chi connectivity index (χ3v) is 3.70. The monoisotopic (exact) mass is 284 g/mol. The van der Waals surface area contributed by atoms with E-state index in [9.17, 15) is 14.4 Å². The van der Waals surface area contributed by atoms with E-state index in [1.807, 2.05) is 6.92 Å². The first-order valence-electron chi connectivity index (χ1n) is 7.31. The number of carboxylic acid groups (broad SMARTS) is 1. The normalized spacial score (nSPS) is 18.7. The molecule has 0 aliphatic carbocycles. The lowest BCUT2D eigenvalue weighted by atomic mass is 10.00. The van der Waals surface area contributed by atoms with Crippen molar-refractivity contribution in [2.24, 2.45) is 0 Å². The van der Waals surface area contributed by atoms with Crippen LogP contribution in [0.1, 0.15) is 46.0 Å². The van der Waals surface area contributed by atoms with Crippen LogP contribution in [0.3, 0.4) is 0 Å². The summed E-state index contributed by atoms with van der Waals surface area (Å²) in [6.45, 7) is 4.92. The Bertz CT molecular complexity index is 370. The molecule has 2 amide bonds. The Morgan fingerprint density at radius 2 is 1.95 bits per heavy atom. The minimum atomic E-state index is -0.915. The summed E-state index contributed by atoms with van der Waals surface area (Å²) in [5.74, 6) is -1.03. The number of amides is 2. The van der Waals surface area contributed by atoms with Gasteiger partial charge in [-0.1, -0.05) is 6.92 Å². The summed E-state index contributed by atoms with van der Waals surface area (Å²) in [5.41, 5.74) is 0. The number of likely N-dealkylation sites (tertiary alicyclic amines) is 1. The number of rotatable bonds is 6. The first-order chi connectivity index (χ1) is 9.51. The number of aliphatic carboxylic acids is 1. The second-order valence-corrected chi connectivity index (χ2v) is 5.01. The van der Waals surface area contributed by atoms with Gasteiger partial charge in [0.2, 0.25) is 11.8 Å². The molecule has 6 nitrogen and oxygen atoms in total. The number of piperidine rings is 1. The average molecular weight is 284 g/mol. The number of carbonyl (C=O) groups is 3. The van der Waals surface area contributed by atoms with Gasteiger partial charge < -0.3 is 14.9 Å². The Balaban J connectivity index is 2.74. The van der Waals surface area contributed by atoms with Crippen molar-refractivity contribution >= 4 is 17.8 Å². The summed E-state index contributed by atoms with van der Waals surface area (Å²) < 4.78 is 0. The quantitative estimate of drug-likeness (QED) is 0.792. The summed E-state index contributed by atoms with van der Waals surface area (Å²) in [7, 11) is 0. The summed E-state index contributed by atoms with van der Waals surface area (Å²) in [6.07, 6.45) is 2.87. The van der Waals surface area contributed by atoms with E-state index in [0.29, 0.717) is 25.9 Å². The van der Waals surface area contributed by atoms with Crippen molar-refractivity contribution in [1.82, 2.24) is 9.80 Å². The van der Waals surface area contributed by atoms with Gasteiger partial charge in [-0.2, -0.15) is 0 Å². The van der Waals surface area contributed by atoms with Gasteiger partial charge in [0.1, 0.15) is 6.04 Å². The molecule has 1 rings (SSSR count). The van der Waals surface area contributed by atoms with Gasteiger partial charge in [-0.15, -0.1) is 0 Å². The van der Waals surface area contributed by atoms with E-state index in [1.165, 1.54) is 0 Å². The molecule has 0 saturated carbocycles. The lowest BCUT2D eigenvalue weighted by molar-refractivity contribution is -0.148. The van der Waals surface area contributed by atoms with Gasteiger partial charge in [0.05, 0.1) is 6.42 Å². The average Bonchev–Trinajstić information content (AvgIpc) is 2.46. The van der Waals surface area contributed by atoms with E-state index in [2.05, 4.69) is 0 Å². The maximum Gasteiger partial charge on any atom is 0.305 e. The summed E-state index contributed by atoms with van der Waals surface area (Å²) in [6, 6.07) is -0.412. The van der Waals surface area contributed by atoms with Gasteiger partial charge >= 0.3 is 5.97 Å². The smallest absolute Gasteiger partial charge is 0.305 e. The van der Waals surface area contributed by atoms with Crippen LogP contribution in [0.2, 0.25) is 0 Å². The maximum atomic E-state index is 12.5. The number of carboxylic acids is 1. The molecule has 0 bridgehead atoms. The minimum absolute atomic E-state index is 0.00247. The van der Waals surface area contributed by atoms with Gasteiger partial charge in [-0.05, 0) is 26.2 Å². The molecule has 0 spiro atoms. The van der Waals surface area contributed by atoms with Crippen molar-refractivity contribution in [2.45, 2.75) is 52.0 Å². The van der Waals surface area contributed by atoms with Crippen LogP contribution in [0.4, 0.5) is 0 Å². The zero-order chi connectivity index (χ0) is 15.1. The van der Waals surface area contributed by atoms with Crippen molar-refractivity contribution in [2.75, 3.05) is 19.6 Å². The molecular weight excluding hydrogens is 260 g/mol. The number of likely N-dealkylation sites (N-methyl/N-ethyl adjacent to an activating group) is 1. The van der Waals surface area contributed by atoms with E-state index >= 15 is 0 Å². The fraction of sp³-hybridized carbons (Fsp3) is 0.786. The third-order valence-electron chi connectivity index (χ3n) is 3.70. The van der Waals surface area contributed by atoms with Gasteiger partial charge in [-0.25, -0.2) is 0 Å². The molecule has 0 aromatic rings. The molecule has 0 aromatic carbocycles. The minimum Gasteiger partial charge on any atom is -0.481 e. The number of carbonyl (C=O) groups excluding carboxylic acids is 2. The lowest BCUT2D eigenvalue weighted by Gasteiger charge is -2.37. The molecule has 1 aliphatic heterocycles. The van der Waals surface area contributed by atoms with Gasteiger partial charge in [0.15, 0.2) is 0 Å². The van der Waals surface area contributed by atoms with Crippen LogP contribution in [0, 0.1) is 0 Å². The lowest BCUT2D eigenvalue weighted by Crippen LogP contribution is -2.53. The molecule has 1 saturated heterocycles. The van der Waals surface area contributed by atoms with Crippen molar-refractivity contribution in [3.8, 4) is 0 Å². The first kappa shape index (κ1) is 16.5. The Morgan fingerprint density at radius 1 is 1.25 bits per heavy atom. The molecule has 1 aliphatic rings. The Hall–Kier alpha value is -1.59. The highest BCUT2D eigenvalue weighted by atomic mass is 16.4. The van der Waals surface area contributed by atoms with Crippen molar-refractivity contribution in [3.63, 3.8) is 0 Å². The van der Waals surface area contributed by atoms with Crippen LogP contribution in [0.15, 0.2) is 0 Å². The molecule has 1 atom stereocenters. The van der Waals surface area contributed by atoms with E-state index < -0.39 is 12.0 Å². The second-order valence-electron chi connectivity index (χ2n) is 5.01. The largest absolute Gasteiger partial charge is 0.481 e. The summed E-state index contributed by atoms with van der Waals surface area (Å²) in [4.78, 5) is 38.3. The highest BCUT2D eigenvalue weighted by molar-refractivity contribution is 5.88. The van der Waals surface area contributed by atoms with Crippen LogP contribution in [-0.4, -0.2) is 58.4 Å². The van der Waals surface area contributed by atoms with E-state index in [-0.39, 0.29) is 24.8 Å². The predicted molar refractivity (Wildman–Crippen MR) is 74.1 cm³/mol. The number of nitrogens with zero attached hydrogens (tertiary/aromatic N) is 2. The Kier molecular flexibility index (Phi) is 6.48. The SMILES string of the molecule is CCC(=O)N1CCCCC1C(=O)N(CC)CCC(=O)O. The zero-order valence-electron chi connectivity index (χ0n) is 12.3. The van der Waals surface area contributed by atoms with Crippen molar-refractivity contribution in [3.05, 3.63) is 0 Å². The molecule has 20 heavy (non-hydrogen) atoms. The maximum absolute atomic E-state index is 12.5. The van der Waals surface area contributed by atoms with Crippen molar-refractivity contribution < 1.29 is 19.5 Å². The van der Waals surface area contributed by atoms with Gasteiger partial charge in [0.25, 0.3) is 0 Å². The fourth-order valence-corrected chi connectivity index (χ4v) is 2.56. The molecule has 1 fully saturated rings. The fourth-order valence-electron chi connectivity index (χ4n) is 2.56. The number of hydrogen-bond donors (Lipinski definition) is 1. The van der Waals surface area contributed by atoms with Crippen LogP contribution >= 0.6 is 0 Å². The van der Waals surface area contributed by atoms with Gasteiger partial charge in [0, 0.05) is 26.1 Å². The van der Waals surface area contributed by atoms with Gasteiger partial charge in [-0.3, -0.25) is 14.4 Å². The van der Waals surface area contributed by atoms with Crippen molar-refractivity contribution in [1.29, 1.82) is 0 Å². The van der Waals surface area contributed by atoms with Crippen LogP contribution in [-0.2, 0) is 14.4 Å². The highest BCUT2D eigenvalue weighted by Gasteiger charge is 2.33. The highest BCUT2D eigenvalue weighted by Crippen LogP contribution is 2.20. The standard InChI is InChI=1S/C14H24N2O4/c1-3-12(17)16-9-6-5-7-11(16)14(20)15(4-2)10-8-13(18)19/h11H,3-10H2,1-2H3,(H,18,19). The van der Waals surface area contributed by atoms with Crippen LogP contribution in [0.5, 0.6) is 0 Å². The van der Waals surface area contributed by atoms with Crippen LogP contribution in [0.25, 0.3) is 0 Å². The molecule has 1 unspecified atom stereocenters. The predicted octanol–water partition coefficient (Wildman–Crippen LogP) is 1.10. The molecule has 6 heteroatoms.